The minimum atomic E-state index is -1.63. The number of hydrogen-bond acceptors (Lipinski definition) is 13. The number of nitrogens with two attached hydrogens (primary N) is 4. The first-order chi connectivity index (χ1) is 29.1. The summed E-state index contributed by atoms with van der Waals surface area (Å²) in [5.74, 6) is -10.0. The van der Waals surface area contributed by atoms with Crippen molar-refractivity contribution in [2.75, 3.05) is 13.2 Å². The molecule has 0 radical (unpaired) electrons. The fourth-order valence-electron chi connectivity index (χ4n) is 5.72. The normalized spacial score (nSPS) is 14.9. The van der Waals surface area contributed by atoms with Gasteiger partial charge in [-0.1, -0.05) is 34.1 Å². The highest BCUT2D eigenvalue weighted by atomic mass is 16.4. The number of carbonyl (C=O) groups is 9. The number of aliphatic hydroxyl groups is 1. The van der Waals surface area contributed by atoms with Gasteiger partial charge >= 0.3 is 11.9 Å². The number of aliphatic imine (C=N–C) groups is 1. The zero-order valence-electron chi connectivity index (χ0n) is 35.3. The third kappa shape index (κ3) is 20.3. The van der Waals surface area contributed by atoms with Crippen LogP contribution in [-0.4, -0.2) is 140 Å². The van der Waals surface area contributed by atoms with Crippen molar-refractivity contribution in [1.82, 2.24) is 41.9 Å². The van der Waals surface area contributed by atoms with E-state index in [2.05, 4.69) is 46.9 Å². The van der Waals surface area contributed by atoms with Crippen LogP contribution in [0.5, 0.6) is 0 Å². The minimum absolute atomic E-state index is 0.0152. The van der Waals surface area contributed by atoms with Gasteiger partial charge in [0, 0.05) is 37.7 Å². The molecule has 0 aliphatic heterocycles. The van der Waals surface area contributed by atoms with Gasteiger partial charge in [-0.05, 0) is 43.9 Å². The topological polar surface area (TPSA) is 432 Å². The van der Waals surface area contributed by atoms with Crippen LogP contribution >= 0.6 is 0 Å². The number of rotatable bonds is 30. The lowest BCUT2D eigenvalue weighted by molar-refractivity contribution is -0.142. The Hall–Kier alpha value is -6.37. The van der Waals surface area contributed by atoms with Gasteiger partial charge in [-0.2, -0.15) is 0 Å². The number of aromatic nitrogens is 2. The SMILES string of the molecule is CCC(C)C(N)C(=O)NC(CO)C(=O)NC(Cc1cnc[nH]1)C(=O)NC(CCCN=C(N)N)C(=O)NC(CCC(=O)O)C(=O)NC(CC(C)C)C(=O)NC(CCC(N)=O)C(=O)O. The van der Waals surface area contributed by atoms with Crippen molar-refractivity contribution in [3.8, 4) is 0 Å². The average molecular weight is 882 g/mol. The summed E-state index contributed by atoms with van der Waals surface area (Å²) in [5.41, 5.74) is 22.3. The van der Waals surface area contributed by atoms with E-state index in [0.29, 0.717) is 12.1 Å². The largest absolute Gasteiger partial charge is 0.481 e. The Morgan fingerprint density at radius 3 is 1.71 bits per heavy atom. The number of H-pyrrole nitrogens is 1. The molecule has 7 amide bonds. The van der Waals surface area contributed by atoms with Gasteiger partial charge in [0.2, 0.25) is 41.4 Å². The third-order valence-electron chi connectivity index (χ3n) is 9.48. The van der Waals surface area contributed by atoms with E-state index in [1.807, 2.05) is 6.92 Å². The van der Waals surface area contributed by atoms with E-state index in [1.165, 1.54) is 12.5 Å². The number of nitrogens with one attached hydrogen (secondary N) is 7. The van der Waals surface area contributed by atoms with Crippen LogP contribution in [0.2, 0.25) is 0 Å². The van der Waals surface area contributed by atoms with E-state index in [-0.39, 0.29) is 62.9 Å². The minimum Gasteiger partial charge on any atom is -0.481 e. The standard InChI is InChI=1S/C37H63N13O12/c1-5-19(4)29(39)35(60)50-26(16-51)34(59)49-25(14-20-15-42-17-44-20)33(58)45-21(7-6-12-43-37(40)41)30(55)46-22(9-11-28(53)54)31(56)48-24(13-18(2)3)32(57)47-23(36(61)62)8-10-27(38)52/h15,17-19,21-26,29,51H,5-14,16,39H2,1-4H3,(H2,38,52)(H,42,44)(H,45,58)(H,46,55)(H,47,57)(H,48,56)(H,49,59)(H,50,60)(H,53,54)(H,61,62)(H4,40,41,43). The monoisotopic (exact) mass is 881 g/mol. The number of nitrogens with zero attached hydrogens (tertiary/aromatic N) is 2. The molecule has 8 atom stereocenters. The Morgan fingerprint density at radius 2 is 1.21 bits per heavy atom. The van der Waals surface area contributed by atoms with Crippen LogP contribution in [0.25, 0.3) is 0 Å². The number of carboxylic acids is 2. The van der Waals surface area contributed by atoms with Crippen LogP contribution in [0.1, 0.15) is 84.8 Å². The average Bonchev–Trinajstić information content (AvgIpc) is 3.72. The van der Waals surface area contributed by atoms with E-state index in [4.69, 9.17) is 22.9 Å². The van der Waals surface area contributed by atoms with Gasteiger partial charge in [0.05, 0.1) is 19.0 Å². The third-order valence-corrected chi connectivity index (χ3v) is 9.48. The Bertz CT molecular complexity index is 1700. The van der Waals surface area contributed by atoms with Crippen LogP contribution in [-0.2, 0) is 49.6 Å². The zero-order chi connectivity index (χ0) is 47.1. The van der Waals surface area contributed by atoms with Crippen LogP contribution in [0.4, 0.5) is 0 Å². The summed E-state index contributed by atoms with van der Waals surface area (Å²) in [7, 11) is 0. The molecular formula is C37H63N13O12. The first-order valence-corrected chi connectivity index (χ1v) is 20.0. The van der Waals surface area contributed by atoms with Crippen LogP contribution in [0.15, 0.2) is 17.5 Å². The number of carbonyl (C=O) groups excluding carboxylic acids is 7. The molecule has 1 aromatic heterocycles. The van der Waals surface area contributed by atoms with Crippen molar-refractivity contribution in [1.29, 1.82) is 0 Å². The number of aromatic amines is 1. The maximum atomic E-state index is 14.0. The maximum Gasteiger partial charge on any atom is 0.326 e. The number of aliphatic hydroxyl groups excluding tert-OH is 1. The highest BCUT2D eigenvalue weighted by molar-refractivity contribution is 5.97. The molecule has 0 spiro atoms. The number of imidazole rings is 1. The Balaban J connectivity index is 3.48. The predicted octanol–water partition coefficient (Wildman–Crippen LogP) is -4.46. The molecule has 18 N–H and O–H groups in total. The molecule has 0 aliphatic carbocycles. The second-order valence-corrected chi connectivity index (χ2v) is 15.1. The van der Waals surface area contributed by atoms with E-state index in [1.54, 1.807) is 20.8 Å². The summed E-state index contributed by atoms with van der Waals surface area (Å²) >= 11 is 0. The van der Waals surface area contributed by atoms with E-state index in [9.17, 15) is 58.5 Å². The second-order valence-electron chi connectivity index (χ2n) is 15.1. The van der Waals surface area contributed by atoms with Crippen LogP contribution < -0.4 is 54.8 Å². The number of hydrogen-bond donors (Lipinski definition) is 14. The molecule has 0 aromatic carbocycles. The Morgan fingerprint density at radius 1 is 0.710 bits per heavy atom. The Labute approximate surface area is 358 Å². The molecule has 348 valence electrons. The van der Waals surface area contributed by atoms with Crippen LogP contribution in [0.3, 0.4) is 0 Å². The summed E-state index contributed by atoms with van der Waals surface area (Å²) in [4.78, 5) is 126. The molecule has 8 unspecified atom stereocenters. The van der Waals surface area contributed by atoms with Gasteiger partial charge in [-0.3, -0.25) is 43.3 Å². The molecular weight excluding hydrogens is 818 g/mol. The van der Waals surface area contributed by atoms with Gasteiger partial charge in [-0.15, -0.1) is 0 Å². The van der Waals surface area contributed by atoms with Crippen LogP contribution in [0, 0.1) is 11.8 Å². The first-order valence-electron chi connectivity index (χ1n) is 20.0. The zero-order valence-corrected chi connectivity index (χ0v) is 35.3. The van der Waals surface area contributed by atoms with Crippen molar-refractivity contribution in [3.05, 3.63) is 18.2 Å². The number of aliphatic carboxylic acids is 2. The lowest BCUT2D eigenvalue weighted by Gasteiger charge is -2.28. The number of guanidine groups is 1. The summed E-state index contributed by atoms with van der Waals surface area (Å²) in [6.07, 6.45) is 1.02. The Kier molecular flexibility index (Phi) is 23.8. The van der Waals surface area contributed by atoms with E-state index in [0.717, 1.165) is 0 Å². The summed E-state index contributed by atoms with van der Waals surface area (Å²) < 4.78 is 0. The highest BCUT2D eigenvalue weighted by Gasteiger charge is 2.34. The number of amides is 7. The van der Waals surface area contributed by atoms with E-state index < -0.39 is 115 Å². The quantitative estimate of drug-likeness (QED) is 0.0197. The highest BCUT2D eigenvalue weighted by Crippen LogP contribution is 2.11. The summed E-state index contributed by atoms with van der Waals surface area (Å²) in [5, 5.41) is 43.6. The van der Waals surface area contributed by atoms with Gasteiger partial charge in [0.25, 0.3) is 0 Å². The molecule has 0 fully saturated rings. The van der Waals surface area contributed by atoms with Gasteiger partial charge in [-0.25, -0.2) is 9.78 Å². The number of carboxylic acid groups (broad SMARTS) is 2. The van der Waals surface area contributed by atoms with E-state index >= 15 is 0 Å². The molecule has 0 bridgehead atoms. The molecule has 1 rings (SSSR count). The predicted molar refractivity (Wildman–Crippen MR) is 221 cm³/mol. The molecule has 1 heterocycles. The van der Waals surface area contributed by atoms with Crippen molar-refractivity contribution in [3.63, 3.8) is 0 Å². The van der Waals surface area contributed by atoms with Gasteiger partial charge in [0.1, 0.15) is 36.3 Å². The van der Waals surface area contributed by atoms with Crippen molar-refractivity contribution >= 4 is 59.2 Å². The second kappa shape index (κ2) is 27.5. The summed E-state index contributed by atoms with van der Waals surface area (Å²) in [6, 6.07) is -10.1. The molecule has 0 saturated heterocycles. The molecule has 25 nitrogen and oxygen atoms in total. The number of primary amides is 1. The lowest BCUT2D eigenvalue weighted by atomic mass is 9.99. The molecule has 0 aliphatic rings. The molecule has 1 aromatic rings. The van der Waals surface area contributed by atoms with Gasteiger partial charge in [0.15, 0.2) is 5.96 Å². The maximum absolute atomic E-state index is 14.0. The van der Waals surface area contributed by atoms with Crippen molar-refractivity contribution < 1.29 is 58.5 Å². The smallest absolute Gasteiger partial charge is 0.326 e. The molecule has 25 heteroatoms. The molecule has 62 heavy (non-hydrogen) atoms. The fourth-order valence-corrected chi connectivity index (χ4v) is 5.72. The molecule has 0 saturated carbocycles. The summed E-state index contributed by atoms with van der Waals surface area (Å²) in [6.45, 7) is 6.08. The fraction of sp³-hybridized carbons (Fsp3) is 0.649. The van der Waals surface area contributed by atoms with Crippen molar-refractivity contribution in [2.24, 2.45) is 39.8 Å². The van der Waals surface area contributed by atoms with Crippen molar-refractivity contribution in [2.45, 2.75) is 128 Å². The van der Waals surface area contributed by atoms with Gasteiger partial charge < -0.3 is 75.1 Å². The lowest BCUT2D eigenvalue weighted by Crippen LogP contribution is -2.60. The first kappa shape index (κ1) is 53.6.